The van der Waals surface area contributed by atoms with Crippen LogP contribution in [0.2, 0.25) is 0 Å². The lowest BCUT2D eigenvalue weighted by Gasteiger charge is -2.36. The number of amides is 4. The van der Waals surface area contributed by atoms with Gasteiger partial charge in [-0.05, 0) is 49.1 Å². The molecule has 1 aliphatic carbocycles. The number of pyridine rings is 1. The Morgan fingerprint density at radius 2 is 2.06 bits per heavy atom. The number of benzene rings is 1. The van der Waals surface area contributed by atoms with Gasteiger partial charge in [-0.1, -0.05) is 6.07 Å². The summed E-state index contributed by atoms with van der Waals surface area (Å²) in [5.74, 6) is -0.494. The SMILES string of the molecule is COc1ccc2c(c1)C(=O)N(CC1(c3cc4nc(C(=O)NC5CC5)ccc4o3)CCC(=O)NC1=O)C2. The number of nitrogens with zero attached hydrogens (tertiary/aromatic N) is 2. The molecule has 0 bridgehead atoms. The van der Waals surface area contributed by atoms with Crippen LogP contribution >= 0.6 is 0 Å². The highest BCUT2D eigenvalue weighted by molar-refractivity contribution is 6.05. The molecule has 36 heavy (non-hydrogen) atoms. The van der Waals surface area contributed by atoms with Gasteiger partial charge < -0.3 is 19.4 Å². The standard InChI is InChI=1S/C26H24N4O6/c1-35-16-5-2-14-12-30(24(33)17(14)10-16)13-26(9-8-22(31)29-25(26)34)21-11-19-20(36-21)7-6-18(28-19)23(32)27-15-3-4-15/h2,5-7,10-11,15H,3-4,8-9,12-13H2,1H3,(H,27,32)(H,29,31,34). The molecular weight excluding hydrogens is 464 g/mol. The largest absolute Gasteiger partial charge is 0.497 e. The number of nitrogens with one attached hydrogen (secondary N) is 2. The fourth-order valence-electron chi connectivity index (χ4n) is 4.91. The van der Waals surface area contributed by atoms with Crippen molar-refractivity contribution < 1.29 is 28.3 Å². The number of imide groups is 1. The highest BCUT2D eigenvalue weighted by Crippen LogP contribution is 2.39. The predicted octanol–water partition coefficient (Wildman–Crippen LogP) is 2.06. The zero-order valence-corrected chi connectivity index (χ0v) is 19.6. The molecule has 3 aromatic rings. The van der Waals surface area contributed by atoms with Gasteiger partial charge in [0.25, 0.3) is 11.8 Å². The van der Waals surface area contributed by atoms with E-state index in [1.807, 2.05) is 6.07 Å². The Hall–Kier alpha value is -4.21. The summed E-state index contributed by atoms with van der Waals surface area (Å²) in [6, 6.07) is 10.4. The maximum absolute atomic E-state index is 13.3. The van der Waals surface area contributed by atoms with Crippen LogP contribution in [0.25, 0.3) is 11.1 Å². The minimum atomic E-state index is -1.28. The second-order valence-corrected chi connectivity index (χ2v) is 9.58. The van der Waals surface area contributed by atoms with Crippen molar-refractivity contribution in [2.45, 2.75) is 43.7 Å². The number of methoxy groups -OCH3 is 1. The molecule has 184 valence electrons. The Labute approximate surface area is 206 Å². The van der Waals surface area contributed by atoms with E-state index in [9.17, 15) is 19.2 Å². The van der Waals surface area contributed by atoms with Gasteiger partial charge in [-0.3, -0.25) is 24.5 Å². The normalized spacial score (nSPS) is 21.5. The fourth-order valence-corrected chi connectivity index (χ4v) is 4.91. The molecule has 1 aromatic carbocycles. The van der Waals surface area contributed by atoms with Gasteiger partial charge in [0.15, 0.2) is 5.58 Å². The molecule has 2 N–H and O–H groups in total. The van der Waals surface area contributed by atoms with Crippen LogP contribution in [0.5, 0.6) is 5.75 Å². The van der Waals surface area contributed by atoms with E-state index in [1.54, 1.807) is 35.2 Å². The summed E-state index contributed by atoms with van der Waals surface area (Å²) in [6.45, 7) is 0.349. The lowest BCUT2D eigenvalue weighted by molar-refractivity contribution is -0.139. The zero-order chi connectivity index (χ0) is 25.0. The molecule has 1 saturated heterocycles. The van der Waals surface area contributed by atoms with Crippen molar-refractivity contribution in [2.24, 2.45) is 0 Å². The Balaban J connectivity index is 1.35. The molecule has 1 atom stereocenters. The Bertz CT molecular complexity index is 1440. The van der Waals surface area contributed by atoms with Crippen molar-refractivity contribution in [3.05, 3.63) is 59.0 Å². The van der Waals surface area contributed by atoms with E-state index < -0.39 is 11.3 Å². The molecule has 6 rings (SSSR count). The first-order chi connectivity index (χ1) is 17.4. The summed E-state index contributed by atoms with van der Waals surface area (Å²) < 4.78 is 11.3. The van der Waals surface area contributed by atoms with Crippen LogP contribution in [-0.2, 0) is 21.5 Å². The van der Waals surface area contributed by atoms with Gasteiger partial charge in [0.2, 0.25) is 11.8 Å². The first-order valence-corrected chi connectivity index (χ1v) is 11.9. The highest BCUT2D eigenvalue weighted by atomic mass is 16.5. The summed E-state index contributed by atoms with van der Waals surface area (Å²) in [6.07, 6.45) is 2.21. The van der Waals surface area contributed by atoms with Crippen molar-refractivity contribution in [3.8, 4) is 5.75 Å². The summed E-state index contributed by atoms with van der Waals surface area (Å²) in [5, 5.41) is 5.33. The van der Waals surface area contributed by atoms with E-state index in [1.165, 1.54) is 7.11 Å². The van der Waals surface area contributed by atoms with Crippen LogP contribution in [0, 0.1) is 0 Å². The van der Waals surface area contributed by atoms with Gasteiger partial charge in [-0.15, -0.1) is 0 Å². The molecule has 10 nitrogen and oxygen atoms in total. The molecule has 2 fully saturated rings. The van der Waals surface area contributed by atoms with Crippen LogP contribution in [0.15, 0.2) is 40.8 Å². The lowest BCUT2D eigenvalue weighted by atomic mass is 9.76. The second-order valence-electron chi connectivity index (χ2n) is 9.58. The first-order valence-electron chi connectivity index (χ1n) is 11.9. The van der Waals surface area contributed by atoms with Crippen molar-refractivity contribution >= 4 is 34.7 Å². The van der Waals surface area contributed by atoms with Gasteiger partial charge in [0, 0.05) is 37.2 Å². The van der Waals surface area contributed by atoms with E-state index in [0.29, 0.717) is 34.7 Å². The van der Waals surface area contributed by atoms with E-state index in [-0.39, 0.29) is 48.8 Å². The number of fused-ring (bicyclic) bond motifs is 2. The number of piperidine rings is 1. The van der Waals surface area contributed by atoms with Crippen LogP contribution in [0.3, 0.4) is 0 Å². The molecular formula is C26H24N4O6. The summed E-state index contributed by atoms with van der Waals surface area (Å²) in [5.41, 5.74) is 1.18. The minimum Gasteiger partial charge on any atom is -0.497 e. The maximum Gasteiger partial charge on any atom is 0.270 e. The molecule has 1 unspecified atom stereocenters. The molecule has 4 heterocycles. The summed E-state index contributed by atoms with van der Waals surface area (Å²) >= 11 is 0. The predicted molar refractivity (Wildman–Crippen MR) is 126 cm³/mol. The number of furan rings is 1. The van der Waals surface area contributed by atoms with Crippen molar-refractivity contribution in [1.82, 2.24) is 20.5 Å². The van der Waals surface area contributed by atoms with Crippen LogP contribution in [0.1, 0.15) is 57.9 Å². The first kappa shape index (κ1) is 22.3. The Kier molecular flexibility index (Phi) is 5.06. The molecule has 1 saturated carbocycles. The number of carbonyl (C=O) groups excluding carboxylic acids is 4. The summed E-state index contributed by atoms with van der Waals surface area (Å²) in [7, 11) is 1.54. The third kappa shape index (κ3) is 3.69. The molecule has 4 amide bonds. The van der Waals surface area contributed by atoms with Gasteiger partial charge in [-0.2, -0.15) is 0 Å². The monoisotopic (exact) mass is 488 g/mol. The molecule has 0 spiro atoms. The maximum atomic E-state index is 13.3. The van der Waals surface area contributed by atoms with Crippen molar-refractivity contribution in [1.29, 1.82) is 0 Å². The topological polar surface area (TPSA) is 131 Å². The van der Waals surface area contributed by atoms with Crippen LogP contribution < -0.4 is 15.4 Å². The molecule has 2 aliphatic heterocycles. The third-order valence-electron chi connectivity index (χ3n) is 7.11. The second kappa shape index (κ2) is 8.18. The Morgan fingerprint density at radius 1 is 1.22 bits per heavy atom. The highest BCUT2D eigenvalue weighted by Gasteiger charge is 2.50. The van der Waals surface area contributed by atoms with Gasteiger partial charge in [-0.25, -0.2) is 4.98 Å². The lowest BCUT2D eigenvalue weighted by Crippen LogP contribution is -2.56. The quantitative estimate of drug-likeness (QED) is 0.508. The van der Waals surface area contributed by atoms with Crippen LogP contribution in [-0.4, -0.2) is 53.2 Å². The van der Waals surface area contributed by atoms with Gasteiger partial charge >= 0.3 is 0 Å². The molecule has 2 aromatic heterocycles. The van der Waals surface area contributed by atoms with Gasteiger partial charge in [0.05, 0.1) is 7.11 Å². The van der Waals surface area contributed by atoms with E-state index >= 15 is 0 Å². The van der Waals surface area contributed by atoms with E-state index in [2.05, 4.69) is 15.6 Å². The number of hydrogen-bond acceptors (Lipinski definition) is 7. The number of hydrogen-bond donors (Lipinski definition) is 2. The average Bonchev–Trinajstić information content (AvgIpc) is 3.49. The van der Waals surface area contributed by atoms with Gasteiger partial charge in [0.1, 0.15) is 28.1 Å². The third-order valence-corrected chi connectivity index (χ3v) is 7.11. The van der Waals surface area contributed by atoms with Crippen molar-refractivity contribution in [2.75, 3.05) is 13.7 Å². The number of rotatable bonds is 6. The van der Waals surface area contributed by atoms with E-state index in [0.717, 1.165) is 18.4 Å². The summed E-state index contributed by atoms with van der Waals surface area (Å²) in [4.78, 5) is 57.1. The van der Waals surface area contributed by atoms with E-state index in [4.69, 9.17) is 9.15 Å². The molecule has 3 aliphatic rings. The molecule has 10 heteroatoms. The number of carbonyl (C=O) groups is 4. The smallest absolute Gasteiger partial charge is 0.270 e. The number of ether oxygens (including phenoxy) is 1. The average molecular weight is 489 g/mol. The molecule has 0 radical (unpaired) electrons. The van der Waals surface area contributed by atoms with Crippen molar-refractivity contribution in [3.63, 3.8) is 0 Å². The zero-order valence-electron chi connectivity index (χ0n) is 19.6. The Morgan fingerprint density at radius 3 is 2.81 bits per heavy atom. The van der Waals surface area contributed by atoms with Crippen LogP contribution in [0.4, 0.5) is 0 Å². The number of aromatic nitrogens is 1. The minimum absolute atomic E-state index is 0.0246. The fraction of sp³-hybridized carbons (Fsp3) is 0.346.